The summed E-state index contributed by atoms with van der Waals surface area (Å²) in [6.45, 7) is 6.30. The van der Waals surface area contributed by atoms with Crippen molar-refractivity contribution in [2.24, 2.45) is 0 Å². The lowest BCUT2D eigenvalue weighted by molar-refractivity contribution is -0.120. The SMILES string of the molecule is O=C(Cc1ccsc1)NCCCN1CCNCC1. The highest BCUT2D eigenvalue weighted by molar-refractivity contribution is 7.07. The zero-order valence-electron chi connectivity index (χ0n) is 10.7. The highest BCUT2D eigenvalue weighted by Crippen LogP contribution is 2.06. The quantitative estimate of drug-likeness (QED) is 0.746. The third kappa shape index (κ3) is 4.76. The summed E-state index contributed by atoms with van der Waals surface area (Å²) in [5.74, 6) is 0.133. The van der Waals surface area contributed by atoms with Crippen molar-refractivity contribution in [3.63, 3.8) is 0 Å². The fourth-order valence-corrected chi connectivity index (χ4v) is 2.77. The van der Waals surface area contributed by atoms with Gasteiger partial charge in [-0.1, -0.05) is 0 Å². The molecular weight excluding hydrogens is 246 g/mol. The topological polar surface area (TPSA) is 44.4 Å². The van der Waals surface area contributed by atoms with Gasteiger partial charge in [-0.25, -0.2) is 0 Å². The summed E-state index contributed by atoms with van der Waals surface area (Å²) in [6, 6.07) is 2.00. The lowest BCUT2D eigenvalue weighted by atomic mass is 10.2. The number of hydrogen-bond acceptors (Lipinski definition) is 4. The van der Waals surface area contributed by atoms with E-state index in [1.807, 2.05) is 16.8 Å². The molecular formula is C13H21N3OS. The number of hydrogen-bond donors (Lipinski definition) is 2. The van der Waals surface area contributed by atoms with Gasteiger partial charge in [0.05, 0.1) is 6.42 Å². The molecule has 2 rings (SSSR count). The molecule has 18 heavy (non-hydrogen) atoms. The summed E-state index contributed by atoms with van der Waals surface area (Å²) in [6.07, 6.45) is 1.55. The molecule has 2 heterocycles. The fraction of sp³-hybridized carbons (Fsp3) is 0.615. The van der Waals surface area contributed by atoms with Crippen molar-refractivity contribution in [3.8, 4) is 0 Å². The van der Waals surface area contributed by atoms with E-state index in [-0.39, 0.29) is 5.91 Å². The molecule has 1 aromatic heterocycles. The molecule has 0 unspecified atom stereocenters. The van der Waals surface area contributed by atoms with Crippen LogP contribution in [0.2, 0.25) is 0 Å². The van der Waals surface area contributed by atoms with E-state index in [1.165, 1.54) is 0 Å². The van der Waals surface area contributed by atoms with Gasteiger partial charge in [0, 0.05) is 32.7 Å². The van der Waals surface area contributed by atoms with Crippen LogP contribution < -0.4 is 10.6 Å². The molecule has 4 nitrogen and oxygen atoms in total. The average Bonchev–Trinajstić information content (AvgIpc) is 2.89. The number of nitrogens with zero attached hydrogens (tertiary/aromatic N) is 1. The van der Waals surface area contributed by atoms with Crippen molar-refractivity contribution < 1.29 is 4.79 Å². The molecule has 1 aliphatic heterocycles. The first-order valence-electron chi connectivity index (χ1n) is 6.55. The van der Waals surface area contributed by atoms with Gasteiger partial charge in [0.15, 0.2) is 0 Å². The number of thiophene rings is 1. The molecule has 0 aromatic carbocycles. The van der Waals surface area contributed by atoms with Crippen LogP contribution in [0.15, 0.2) is 16.8 Å². The molecule has 100 valence electrons. The minimum atomic E-state index is 0.133. The number of amides is 1. The van der Waals surface area contributed by atoms with Gasteiger partial charge in [0.2, 0.25) is 5.91 Å². The summed E-state index contributed by atoms with van der Waals surface area (Å²) >= 11 is 1.64. The number of rotatable bonds is 6. The van der Waals surface area contributed by atoms with E-state index in [0.717, 1.165) is 51.3 Å². The zero-order chi connectivity index (χ0) is 12.6. The maximum Gasteiger partial charge on any atom is 0.224 e. The van der Waals surface area contributed by atoms with Crippen molar-refractivity contribution in [1.29, 1.82) is 0 Å². The maximum absolute atomic E-state index is 11.6. The smallest absolute Gasteiger partial charge is 0.224 e. The monoisotopic (exact) mass is 267 g/mol. The van der Waals surface area contributed by atoms with Crippen LogP contribution in [0, 0.1) is 0 Å². The Balaban J connectivity index is 1.53. The predicted molar refractivity (Wildman–Crippen MR) is 75.0 cm³/mol. The molecule has 1 saturated heterocycles. The van der Waals surface area contributed by atoms with Gasteiger partial charge in [0.1, 0.15) is 0 Å². The van der Waals surface area contributed by atoms with Gasteiger partial charge >= 0.3 is 0 Å². The lowest BCUT2D eigenvalue weighted by Crippen LogP contribution is -2.44. The van der Waals surface area contributed by atoms with E-state index in [9.17, 15) is 4.79 Å². The summed E-state index contributed by atoms with van der Waals surface area (Å²) in [4.78, 5) is 14.1. The van der Waals surface area contributed by atoms with Crippen molar-refractivity contribution in [2.45, 2.75) is 12.8 Å². The van der Waals surface area contributed by atoms with E-state index >= 15 is 0 Å². The van der Waals surface area contributed by atoms with Crippen LogP contribution in [0.5, 0.6) is 0 Å². The van der Waals surface area contributed by atoms with Gasteiger partial charge < -0.3 is 15.5 Å². The summed E-state index contributed by atoms with van der Waals surface area (Å²) in [7, 11) is 0. The van der Waals surface area contributed by atoms with Gasteiger partial charge in [0.25, 0.3) is 0 Å². The Bertz CT molecular complexity index is 347. The van der Waals surface area contributed by atoms with Crippen LogP contribution in [-0.4, -0.2) is 50.1 Å². The molecule has 1 fully saturated rings. The molecule has 5 heteroatoms. The molecule has 0 saturated carbocycles. The molecule has 1 aromatic rings. The Morgan fingerprint density at radius 3 is 3.00 bits per heavy atom. The van der Waals surface area contributed by atoms with Crippen molar-refractivity contribution in [1.82, 2.24) is 15.5 Å². The van der Waals surface area contributed by atoms with Gasteiger partial charge in [-0.2, -0.15) is 11.3 Å². The average molecular weight is 267 g/mol. The van der Waals surface area contributed by atoms with Gasteiger partial charge in [-0.05, 0) is 35.4 Å². The molecule has 1 aliphatic rings. The first-order chi connectivity index (χ1) is 8.84. The maximum atomic E-state index is 11.6. The van der Waals surface area contributed by atoms with Crippen molar-refractivity contribution in [2.75, 3.05) is 39.3 Å². The van der Waals surface area contributed by atoms with E-state index in [4.69, 9.17) is 0 Å². The van der Waals surface area contributed by atoms with Crippen LogP contribution in [0.25, 0.3) is 0 Å². The normalized spacial score (nSPS) is 16.7. The molecule has 1 amide bonds. The molecule has 0 radical (unpaired) electrons. The number of carbonyl (C=O) groups is 1. The molecule has 0 bridgehead atoms. The highest BCUT2D eigenvalue weighted by Gasteiger charge is 2.08. The Kier molecular flexibility index (Phi) is 5.64. The van der Waals surface area contributed by atoms with Crippen molar-refractivity contribution >= 4 is 17.2 Å². The number of nitrogens with one attached hydrogen (secondary N) is 2. The van der Waals surface area contributed by atoms with E-state index in [0.29, 0.717) is 6.42 Å². The zero-order valence-corrected chi connectivity index (χ0v) is 11.5. The van der Waals surface area contributed by atoms with Crippen LogP contribution in [0.1, 0.15) is 12.0 Å². The Hall–Kier alpha value is -0.910. The van der Waals surface area contributed by atoms with Gasteiger partial charge in [-0.15, -0.1) is 0 Å². The van der Waals surface area contributed by atoms with Crippen molar-refractivity contribution in [3.05, 3.63) is 22.4 Å². The second-order valence-corrected chi connectivity index (χ2v) is 5.38. The Labute approximate surface area is 112 Å². The first kappa shape index (κ1) is 13.5. The second kappa shape index (κ2) is 7.51. The predicted octanol–water partition coefficient (Wildman–Crippen LogP) is 0.702. The van der Waals surface area contributed by atoms with E-state index in [2.05, 4.69) is 15.5 Å². The molecule has 0 aliphatic carbocycles. The second-order valence-electron chi connectivity index (χ2n) is 4.60. The summed E-state index contributed by atoms with van der Waals surface area (Å²) in [5, 5.41) is 10.4. The fourth-order valence-electron chi connectivity index (χ4n) is 2.11. The largest absolute Gasteiger partial charge is 0.356 e. The van der Waals surface area contributed by atoms with E-state index in [1.54, 1.807) is 11.3 Å². The summed E-state index contributed by atoms with van der Waals surface area (Å²) < 4.78 is 0. The van der Waals surface area contributed by atoms with Crippen LogP contribution >= 0.6 is 11.3 Å². The molecule has 0 atom stereocenters. The van der Waals surface area contributed by atoms with Crippen LogP contribution in [0.3, 0.4) is 0 Å². The highest BCUT2D eigenvalue weighted by atomic mass is 32.1. The Morgan fingerprint density at radius 1 is 1.44 bits per heavy atom. The lowest BCUT2D eigenvalue weighted by Gasteiger charge is -2.27. The molecule has 0 spiro atoms. The minimum absolute atomic E-state index is 0.133. The minimum Gasteiger partial charge on any atom is -0.356 e. The van der Waals surface area contributed by atoms with Crippen LogP contribution in [0.4, 0.5) is 0 Å². The standard InChI is InChI=1S/C13H21N3OS/c17-13(10-12-2-9-18-11-12)15-3-1-6-16-7-4-14-5-8-16/h2,9,11,14H,1,3-8,10H2,(H,15,17). The Morgan fingerprint density at radius 2 is 2.28 bits per heavy atom. The summed E-state index contributed by atoms with van der Waals surface area (Å²) in [5.41, 5.74) is 1.11. The van der Waals surface area contributed by atoms with Crippen LogP contribution in [-0.2, 0) is 11.2 Å². The van der Waals surface area contributed by atoms with Gasteiger partial charge in [-0.3, -0.25) is 4.79 Å². The molecule has 2 N–H and O–H groups in total. The first-order valence-corrected chi connectivity index (χ1v) is 7.50. The van der Waals surface area contributed by atoms with E-state index < -0.39 is 0 Å². The number of carbonyl (C=O) groups excluding carboxylic acids is 1. The third-order valence-electron chi connectivity index (χ3n) is 3.13. The third-order valence-corrected chi connectivity index (χ3v) is 3.86. The number of piperazine rings is 1.